The van der Waals surface area contributed by atoms with E-state index in [0.29, 0.717) is 4.47 Å². The third-order valence-corrected chi connectivity index (χ3v) is 4.43. The fourth-order valence-electron chi connectivity index (χ4n) is 1.61. The molecule has 0 bridgehead atoms. The first-order chi connectivity index (χ1) is 9.44. The summed E-state index contributed by atoms with van der Waals surface area (Å²) >= 11 is 3.11. The van der Waals surface area contributed by atoms with Gasteiger partial charge in [0.25, 0.3) is 10.0 Å². The van der Waals surface area contributed by atoms with E-state index in [-0.39, 0.29) is 16.3 Å². The van der Waals surface area contributed by atoms with Crippen LogP contribution in [0.2, 0.25) is 0 Å². The van der Waals surface area contributed by atoms with E-state index in [2.05, 4.69) is 20.7 Å². The van der Waals surface area contributed by atoms with Crippen molar-refractivity contribution < 1.29 is 17.5 Å². The molecule has 0 aliphatic heterocycles. The Bertz CT molecular complexity index is 734. The molecule has 0 heterocycles. The van der Waals surface area contributed by atoms with Crippen LogP contribution in [0.15, 0.2) is 51.8 Å². The third-order valence-electron chi connectivity index (χ3n) is 2.53. The lowest BCUT2D eigenvalue weighted by Gasteiger charge is -2.12. The zero-order valence-electron chi connectivity index (χ0n) is 10.4. The molecule has 7 heteroatoms. The van der Waals surface area contributed by atoms with Crippen LogP contribution in [0.5, 0.6) is 5.75 Å². The van der Waals surface area contributed by atoms with Gasteiger partial charge in [0.2, 0.25) is 0 Å². The number of para-hydroxylation sites is 1. The highest BCUT2D eigenvalue weighted by Crippen LogP contribution is 2.27. The number of benzene rings is 2. The summed E-state index contributed by atoms with van der Waals surface area (Å²) < 4.78 is 45.9. The Morgan fingerprint density at radius 3 is 2.55 bits per heavy atom. The molecule has 0 aliphatic carbocycles. The lowest BCUT2D eigenvalue weighted by Crippen LogP contribution is -2.15. The van der Waals surface area contributed by atoms with Gasteiger partial charge in [0.05, 0.1) is 12.8 Å². The van der Waals surface area contributed by atoms with Gasteiger partial charge in [-0.05, 0) is 30.3 Å². The molecule has 0 fully saturated rings. The third kappa shape index (κ3) is 3.10. The van der Waals surface area contributed by atoms with Crippen molar-refractivity contribution in [3.05, 3.63) is 52.8 Å². The molecule has 0 radical (unpaired) electrons. The molecule has 0 aromatic heterocycles. The summed E-state index contributed by atoms with van der Waals surface area (Å²) in [5.41, 5.74) is -0.126. The number of anilines is 1. The molecule has 2 aromatic carbocycles. The van der Waals surface area contributed by atoms with Gasteiger partial charge in [-0.25, -0.2) is 12.8 Å². The first-order valence-corrected chi connectivity index (χ1v) is 7.82. The van der Waals surface area contributed by atoms with Crippen molar-refractivity contribution in [1.29, 1.82) is 0 Å². The first-order valence-electron chi connectivity index (χ1n) is 5.55. The number of hydrogen-bond donors (Lipinski definition) is 1. The largest absolute Gasteiger partial charge is 0.495 e. The second kappa shape index (κ2) is 5.80. The van der Waals surface area contributed by atoms with Gasteiger partial charge < -0.3 is 4.74 Å². The molecular weight excluding hydrogens is 349 g/mol. The Morgan fingerprint density at radius 2 is 1.90 bits per heavy atom. The summed E-state index contributed by atoms with van der Waals surface area (Å²) in [5.74, 6) is -0.477. The zero-order valence-corrected chi connectivity index (χ0v) is 12.8. The minimum absolute atomic E-state index is 0.0511. The zero-order chi connectivity index (χ0) is 14.8. The average Bonchev–Trinajstić information content (AvgIpc) is 2.42. The molecule has 2 rings (SSSR count). The van der Waals surface area contributed by atoms with Crippen LogP contribution in [-0.2, 0) is 10.0 Å². The number of sulfonamides is 1. The number of methoxy groups -OCH3 is 1. The summed E-state index contributed by atoms with van der Waals surface area (Å²) in [6, 6.07) is 10.2. The van der Waals surface area contributed by atoms with Gasteiger partial charge >= 0.3 is 0 Å². The van der Waals surface area contributed by atoms with Crippen LogP contribution >= 0.6 is 15.9 Å². The Balaban J connectivity index is 2.41. The van der Waals surface area contributed by atoms with Crippen LogP contribution in [0.4, 0.5) is 10.1 Å². The average molecular weight is 360 g/mol. The van der Waals surface area contributed by atoms with E-state index >= 15 is 0 Å². The van der Waals surface area contributed by atoms with Crippen molar-refractivity contribution in [2.45, 2.75) is 4.90 Å². The second-order valence-corrected chi connectivity index (χ2v) is 6.45. The van der Waals surface area contributed by atoms with E-state index in [9.17, 15) is 12.8 Å². The van der Waals surface area contributed by atoms with Gasteiger partial charge in [-0.2, -0.15) is 0 Å². The Kier molecular flexibility index (Phi) is 4.29. The Labute approximate surface area is 124 Å². The maximum atomic E-state index is 13.7. The lowest BCUT2D eigenvalue weighted by molar-refractivity contribution is 0.403. The molecule has 106 valence electrons. The van der Waals surface area contributed by atoms with Crippen molar-refractivity contribution in [2.75, 3.05) is 11.8 Å². The fraction of sp³-hybridized carbons (Fsp3) is 0.0769. The van der Waals surface area contributed by atoms with Crippen molar-refractivity contribution in [3.63, 3.8) is 0 Å². The molecule has 1 N–H and O–H groups in total. The predicted molar refractivity (Wildman–Crippen MR) is 77.9 cm³/mol. The Hall–Kier alpha value is -1.60. The fourth-order valence-corrected chi connectivity index (χ4v) is 3.18. The highest BCUT2D eigenvalue weighted by Gasteiger charge is 2.20. The highest BCUT2D eigenvalue weighted by atomic mass is 79.9. The van der Waals surface area contributed by atoms with E-state index in [0.717, 1.165) is 0 Å². The predicted octanol–water partition coefficient (Wildman–Crippen LogP) is 3.40. The van der Waals surface area contributed by atoms with Crippen LogP contribution in [0, 0.1) is 5.82 Å². The van der Waals surface area contributed by atoms with E-state index < -0.39 is 15.8 Å². The molecule has 0 saturated heterocycles. The molecule has 2 aromatic rings. The van der Waals surface area contributed by atoms with Gasteiger partial charge in [-0.3, -0.25) is 4.72 Å². The van der Waals surface area contributed by atoms with Crippen LogP contribution in [-0.4, -0.2) is 15.5 Å². The number of ether oxygens (including phenoxy) is 1. The summed E-state index contributed by atoms with van der Waals surface area (Å²) in [4.78, 5) is -0.0511. The first kappa shape index (κ1) is 14.8. The number of nitrogens with one attached hydrogen (secondary N) is 1. The molecule has 0 unspecified atom stereocenters. The minimum atomic E-state index is -3.92. The van der Waals surface area contributed by atoms with Gasteiger partial charge in [0, 0.05) is 4.47 Å². The van der Waals surface area contributed by atoms with E-state index in [4.69, 9.17) is 4.74 Å². The molecule has 0 amide bonds. The van der Waals surface area contributed by atoms with Crippen LogP contribution in [0.3, 0.4) is 0 Å². The molecule has 0 spiro atoms. The SMILES string of the molecule is COc1ccccc1S(=O)(=O)Nc1ccc(Br)cc1F. The minimum Gasteiger partial charge on any atom is -0.495 e. The number of halogens is 2. The quantitative estimate of drug-likeness (QED) is 0.909. The van der Waals surface area contributed by atoms with E-state index in [1.807, 2.05) is 0 Å². The van der Waals surface area contributed by atoms with Crippen LogP contribution in [0.25, 0.3) is 0 Å². The summed E-state index contributed by atoms with van der Waals surface area (Å²) in [7, 11) is -2.55. The van der Waals surface area contributed by atoms with Crippen molar-refractivity contribution in [2.24, 2.45) is 0 Å². The maximum absolute atomic E-state index is 13.7. The van der Waals surface area contributed by atoms with Gasteiger partial charge in [-0.15, -0.1) is 0 Å². The monoisotopic (exact) mass is 359 g/mol. The standard InChI is InChI=1S/C13H11BrFNO3S/c1-19-12-4-2-3-5-13(12)20(17,18)16-11-7-6-9(14)8-10(11)15/h2-8,16H,1H3. The van der Waals surface area contributed by atoms with Crippen LogP contribution < -0.4 is 9.46 Å². The highest BCUT2D eigenvalue weighted by molar-refractivity contribution is 9.10. The maximum Gasteiger partial charge on any atom is 0.265 e. The topological polar surface area (TPSA) is 55.4 Å². The molecule has 4 nitrogen and oxygen atoms in total. The summed E-state index contributed by atoms with van der Waals surface area (Å²) in [6.07, 6.45) is 0. The normalized spacial score (nSPS) is 11.2. The van der Waals surface area contributed by atoms with Gasteiger partial charge in [0.15, 0.2) is 0 Å². The van der Waals surface area contributed by atoms with Gasteiger partial charge in [0.1, 0.15) is 16.5 Å². The van der Waals surface area contributed by atoms with Crippen molar-refractivity contribution in [3.8, 4) is 5.75 Å². The number of rotatable bonds is 4. The smallest absolute Gasteiger partial charge is 0.265 e. The van der Waals surface area contributed by atoms with E-state index in [1.165, 1.54) is 31.4 Å². The van der Waals surface area contributed by atoms with Crippen molar-refractivity contribution >= 4 is 31.6 Å². The molecular formula is C13H11BrFNO3S. The van der Waals surface area contributed by atoms with Crippen LogP contribution in [0.1, 0.15) is 0 Å². The molecule has 0 saturated carbocycles. The van der Waals surface area contributed by atoms with Crippen molar-refractivity contribution in [1.82, 2.24) is 0 Å². The summed E-state index contributed by atoms with van der Waals surface area (Å²) in [5, 5.41) is 0. The van der Waals surface area contributed by atoms with E-state index in [1.54, 1.807) is 18.2 Å². The number of hydrogen-bond acceptors (Lipinski definition) is 3. The molecule has 0 atom stereocenters. The summed E-state index contributed by atoms with van der Waals surface area (Å²) in [6.45, 7) is 0. The molecule has 20 heavy (non-hydrogen) atoms. The molecule has 0 aliphatic rings. The van der Waals surface area contributed by atoms with Gasteiger partial charge in [-0.1, -0.05) is 28.1 Å². The lowest BCUT2D eigenvalue weighted by atomic mass is 10.3. The second-order valence-electron chi connectivity index (χ2n) is 3.88. The Morgan fingerprint density at radius 1 is 1.20 bits per heavy atom.